The molecule has 24 heavy (non-hydrogen) atoms. The van der Waals surface area contributed by atoms with Crippen LogP contribution in [-0.2, 0) is 17.4 Å². The van der Waals surface area contributed by atoms with Crippen LogP contribution in [0.25, 0.3) is 0 Å². The molecule has 0 heterocycles. The molecular formula is C19H34NO3P. The van der Waals surface area contributed by atoms with Crippen LogP contribution in [0.15, 0.2) is 24.3 Å². The highest BCUT2D eigenvalue weighted by atomic mass is 31.2. The maximum Gasteiger partial charge on any atom is 0.325 e. The zero-order valence-electron chi connectivity index (χ0n) is 15.0. The molecule has 0 saturated heterocycles. The Morgan fingerprint density at radius 2 is 1.46 bits per heavy atom. The van der Waals surface area contributed by atoms with Gasteiger partial charge in [0.15, 0.2) is 0 Å². The average Bonchev–Trinajstić information content (AvgIpc) is 2.54. The van der Waals surface area contributed by atoms with Crippen molar-refractivity contribution in [3.63, 3.8) is 0 Å². The van der Waals surface area contributed by atoms with E-state index in [1.165, 1.54) is 49.7 Å². The summed E-state index contributed by atoms with van der Waals surface area (Å²) in [6.07, 6.45) is 11.0. The maximum absolute atomic E-state index is 10.8. The number of hydrogen-bond donors (Lipinski definition) is 3. The highest BCUT2D eigenvalue weighted by Gasteiger charge is 2.15. The van der Waals surface area contributed by atoms with Gasteiger partial charge in [-0.1, -0.05) is 63.3 Å². The fourth-order valence-electron chi connectivity index (χ4n) is 2.81. The van der Waals surface area contributed by atoms with Gasteiger partial charge in [0.25, 0.3) is 0 Å². The van der Waals surface area contributed by atoms with Crippen LogP contribution in [0, 0.1) is 0 Å². The first-order chi connectivity index (χ1) is 11.4. The predicted octanol–water partition coefficient (Wildman–Crippen LogP) is 4.42. The first kappa shape index (κ1) is 21.4. The molecule has 0 radical (unpaired) electrons. The zero-order chi connectivity index (χ0) is 17.8. The summed E-state index contributed by atoms with van der Waals surface area (Å²) >= 11 is 0. The van der Waals surface area contributed by atoms with E-state index in [1.54, 1.807) is 0 Å². The summed E-state index contributed by atoms with van der Waals surface area (Å²) in [7, 11) is -3.92. The molecule has 0 bridgehead atoms. The molecule has 1 rings (SSSR count). The van der Waals surface area contributed by atoms with Crippen molar-refractivity contribution in [3.8, 4) is 0 Å². The minimum atomic E-state index is -3.92. The van der Waals surface area contributed by atoms with Crippen LogP contribution in [0.5, 0.6) is 0 Å². The summed E-state index contributed by atoms with van der Waals surface area (Å²) in [5.74, 6) is 0. The molecule has 138 valence electrons. The van der Waals surface area contributed by atoms with Crippen molar-refractivity contribution in [2.75, 3.05) is 6.16 Å². The van der Waals surface area contributed by atoms with Gasteiger partial charge in [0, 0.05) is 6.04 Å². The van der Waals surface area contributed by atoms with E-state index in [0.29, 0.717) is 6.42 Å². The molecule has 5 heteroatoms. The number of benzene rings is 1. The molecule has 0 aromatic heterocycles. The van der Waals surface area contributed by atoms with E-state index >= 15 is 0 Å². The Kier molecular flexibility index (Phi) is 10.5. The smallest absolute Gasteiger partial charge is 0.325 e. The van der Waals surface area contributed by atoms with Crippen LogP contribution in [0.1, 0.15) is 69.4 Å². The first-order valence-corrected chi connectivity index (χ1v) is 11.1. The van der Waals surface area contributed by atoms with Gasteiger partial charge < -0.3 is 15.5 Å². The number of nitrogens with two attached hydrogens (primary N) is 1. The Balaban J connectivity index is 2.21. The largest absolute Gasteiger partial charge is 0.328 e. The lowest BCUT2D eigenvalue weighted by Crippen LogP contribution is -2.22. The van der Waals surface area contributed by atoms with E-state index in [2.05, 4.69) is 31.2 Å². The van der Waals surface area contributed by atoms with E-state index in [0.717, 1.165) is 19.3 Å². The van der Waals surface area contributed by atoms with Crippen molar-refractivity contribution in [1.82, 2.24) is 0 Å². The van der Waals surface area contributed by atoms with Crippen LogP contribution < -0.4 is 5.73 Å². The molecule has 0 spiro atoms. The van der Waals surface area contributed by atoms with Gasteiger partial charge in [0.1, 0.15) is 0 Å². The van der Waals surface area contributed by atoms with E-state index in [9.17, 15) is 4.57 Å². The van der Waals surface area contributed by atoms with Gasteiger partial charge in [-0.05, 0) is 43.2 Å². The summed E-state index contributed by atoms with van der Waals surface area (Å²) in [6.45, 7) is 2.24. The van der Waals surface area contributed by atoms with Gasteiger partial charge in [-0.2, -0.15) is 0 Å². The third kappa shape index (κ3) is 11.0. The van der Waals surface area contributed by atoms with Crippen molar-refractivity contribution in [3.05, 3.63) is 35.4 Å². The molecule has 1 aromatic rings. The third-order valence-corrected chi connectivity index (χ3v) is 5.28. The van der Waals surface area contributed by atoms with Gasteiger partial charge in [0.2, 0.25) is 0 Å². The van der Waals surface area contributed by atoms with Crippen LogP contribution in [0.4, 0.5) is 0 Å². The van der Waals surface area contributed by atoms with Gasteiger partial charge in [-0.25, -0.2) is 0 Å². The normalized spacial score (nSPS) is 13.2. The van der Waals surface area contributed by atoms with Gasteiger partial charge in [0.05, 0.1) is 6.16 Å². The molecule has 1 aromatic carbocycles. The Bertz CT molecular complexity index is 484. The molecule has 4 N–H and O–H groups in total. The summed E-state index contributed by atoms with van der Waals surface area (Å²) in [5.41, 5.74) is 8.56. The molecule has 1 atom stereocenters. The lowest BCUT2D eigenvalue weighted by atomic mass is 10.0. The van der Waals surface area contributed by atoms with Crippen LogP contribution in [0.2, 0.25) is 0 Å². The highest BCUT2D eigenvalue weighted by Crippen LogP contribution is 2.35. The van der Waals surface area contributed by atoms with Crippen molar-refractivity contribution in [2.45, 2.75) is 77.2 Å². The quantitative estimate of drug-likeness (QED) is 0.361. The van der Waals surface area contributed by atoms with Gasteiger partial charge in [-0.15, -0.1) is 0 Å². The molecule has 0 unspecified atom stereocenters. The molecular weight excluding hydrogens is 321 g/mol. The van der Waals surface area contributed by atoms with Crippen LogP contribution >= 0.6 is 7.60 Å². The molecule has 0 aliphatic heterocycles. The van der Waals surface area contributed by atoms with Crippen molar-refractivity contribution in [1.29, 1.82) is 0 Å². The van der Waals surface area contributed by atoms with Crippen molar-refractivity contribution < 1.29 is 14.4 Å². The molecule has 0 saturated carbocycles. The van der Waals surface area contributed by atoms with E-state index in [-0.39, 0.29) is 12.2 Å². The Morgan fingerprint density at radius 3 is 2.04 bits per heavy atom. The second kappa shape index (κ2) is 11.8. The Labute approximate surface area is 147 Å². The minimum absolute atomic E-state index is 0.120. The maximum atomic E-state index is 10.8. The predicted molar refractivity (Wildman–Crippen MR) is 101 cm³/mol. The van der Waals surface area contributed by atoms with E-state index in [4.69, 9.17) is 15.5 Å². The van der Waals surface area contributed by atoms with E-state index in [1.807, 2.05) is 0 Å². The fraction of sp³-hybridized carbons (Fsp3) is 0.684. The van der Waals surface area contributed by atoms with E-state index < -0.39 is 7.60 Å². The Morgan fingerprint density at radius 1 is 0.917 bits per heavy atom. The summed E-state index contributed by atoms with van der Waals surface area (Å²) in [5, 5.41) is 0. The number of hydrogen-bond acceptors (Lipinski definition) is 2. The standard InChI is InChI=1S/C19H34NO3P/c1-2-3-4-5-6-7-8-17-9-11-18(12-10-17)13-14-19(20)15-16-24(21,22)23/h9-12,19H,2-8,13-16,20H2,1H3,(H2,21,22,23)/t19-/m0/s1. The second-order valence-corrected chi connectivity index (χ2v) is 8.59. The highest BCUT2D eigenvalue weighted by molar-refractivity contribution is 7.51. The minimum Gasteiger partial charge on any atom is -0.328 e. The van der Waals surface area contributed by atoms with Crippen LogP contribution in [-0.4, -0.2) is 22.0 Å². The fourth-order valence-corrected chi connectivity index (χ4v) is 3.48. The number of unbranched alkanes of at least 4 members (excludes halogenated alkanes) is 5. The molecule has 4 nitrogen and oxygen atoms in total. The zero-order valence-corrected chi connectivity index (χ0v) is 15.9. The van der Waals surface area contributed by atoms with Crippen molar-refractivity contribution >= 4 is 7.60 Å². The third-order valence-electron chi connectivity index (χ3n) is 4.44. The van der Waals surface area contributed by atoms with Gasteiger partial charge >= 0.3 is 7.60 Å². The van der Waals surface area contributed by atoms with Gasteiger partial charge in [-0.3, -0.25) is 4.57 Å². The summed E-state index contributed by atoms with van der Waals surface area (Å²) in [6, 6.07) is 8.55. The number of aryl methyl sites for hydroxylation is 2. The molecule has 0 amide bonds. The lowest BCUT2D eigenvalue weighted by molar-refractivity contribution is 0.368. The SMILES string of the molecule is CCCCCCCCc1ccc(CC[C@H](N)CCP(=O)(O)O)cc1. The van der Waals surface area contributed by atoms with Crippen LogP contribution in [0.3, 0.4) is 0 Å². The second-order valence-electron chi connectivity index (χ2n) is 6.81. The average molecular weight is 355 g/mol. The lowest BCUT2D eigenvalue weighted by Gasteiger charge is -2.12. The molecule has 0 fully saturated rings. The summed E-state index contributed by atoms with van der Waals surface area (Å²) < 4.78 is 10.8. The first-order valence-electron chi connectivity index (χ1n) is 9.28. The molecule has 0 aliphatic rings. The molecule has 0 aliphatic carbocycles. The van der Waals surface area contributed by atoms with Crippen molar-refractivity contribution in [2.24, 2.45) is 5.73 Å². The Hall–Kier alpha value is -0.670. The number of rotatable bonds is 13. The topological polar surface area (TPSA) is 83.6 Å². The monoisotopic (exact) mass is 355 g/mol. The summed E-state index contributed by atoms with van der Waals surface area (Å²) in [4.78, 5) is 17.7.